The van der Waals surface area contributed by atoms with Crippen LogP contribution < -0.4 is 4.90 Å². The Balaban J connectivity index is 1.68. The second kappa shape index (κ2) is 9.98. The van der Waals surface area contributed by atoms with Crippen molar-refractivity contribution in [3.05, 3.63) is 82.4 Å². The molecule has 30 heavy (non-hydrogen) atoms. The van der Waals surface area contributed by atoms with E-state index in [1.54, 1.807) is 16.4 Å². The van der Waals surface area contributed by atoms with E-state index in [9.17, 15) is 9.59 Å². The van der Waals surface area contributed by atoms with Crippen LogP contribution in [0, 0.1) is 6.92 Å². The Bertz CT molecular complexity index is 1070. The quantitative estimate of drug-likeness (QED) is 0.376. The van der Waals surface area contributed by atoms with Gasteiger partial charge in [-0.15, -0.1) is 11.3 Å². The molecule has 0 bridgehead atoms. The smallest absolute Gasteiger partial charge is 0.331 e. The molecule has 0 aliphatic carbocycles. The highest BCUT2D eigenvalue weighted by molar-refractivity contribution is 7.14. The minimum atomic E-state index is -0.437. The fourth-order valence-electron chi connectivity index (χ4n) is 3.03. The third kappa shape index (κ3) is 5.21. The molecule has 154 valence electrons. The summed E-state index contributed by atoms with van der Waals surface area (Å²) < 4.78 is 5.31. The van der Waals surface area contributed by atoms with Gasteiger partial charge in [-0.05, 0) is 42.2 Å². The van der Waals surface area contributed by atoms with E-state index in [-0.39, 0.29) is 12.5 Å². The van der Waals surface area contributed by atoms with Gasteiger partial charge in [0.25, 0.3) is 0 Å². The summed E-state index contributed by atoms with van der Waals surface area (Å²) in [5.74, 6) is -0.553. The predicted molar refractivity (Wildman–Crippen MR) is 121 cm³/mol. The molecule has 1 aromatic heterocycles. The molecule has 5 nitrogen and oxygen atoms in total. The van der Waals surface area contributed by atoms with Gasteiger partial charge in [0.1, 0.15) is 6.61 Å². The number of thiazole rings is 1. The van der Waals surface area contributed by atoms with Crippen LogP contribution in [0.5, 0.6) is 0 Å². The summed E-state index contributed by atoms with van der Waals surface area (Å²) in [7, 11) is 0. The molecule has 6 heteroatoms. The number of rotatable bonds is 7. The Labute approximate surface area is 180 Å². The van der Waals surface area contributed by atoms with Crippen LogP contribution in [-0.4, -0.2) is 16.9 Å². The summed E-state index contributed by atoms with van der Waals surface area (Å²) in [4.78, 5) is 30.5. The fraction of sp³-hybridized carbons (Fsp3) is 0.208. The first-order chi connectivity index (χ1) is 14.5. The highest BCUT2D eigenvalue weighted by Crippen LogP contribution is 2.31. The topological polar surface area (TPSA) is 59.5 Å². The predicted octanol–water partition coefficient (Wildman–Crippen LogP) is 5.46. The monoisotopic (exact) mass is 420 g/mol. The number of amides is 1. The first kappa shape index (κ1) is 21.5. The van der Waals surface area contributed by atoms with Crippen molar-refractivity contribution in [1.82, 2.24) is 4.98 Å². The van der Waals surface area contributed by atoms with Crippen LogP contribution in [0.1, 0.15) is 36.2 Å². The molecule has 0 atom stereocenters. The standard InChI is InChI=1S/C24H24N2O3S/c1-4-19-10-7-8-12-22(19)26(18(3)27)24-25-21(16-30-24)15-29-23(28)14-13-20-11-6-5-9-17(20)2/h5-14,16H,4,15H2,1-3H3/b14-13+. The fourth-order valence-corrected chi connectivity index (χ4v) is 3.89. The van der Waals surface area contributed by atoms with Gasteiger partial charge in [0, 0.05) is 18.4 Å². The highest BCUT2D eigenvalue weighted by Gasteiger charge is 2.20. The van der Waals surface area contributed by atoms with E-state index >= 15 is 0 Å². The van der Waals surface area contributed by atoms with Crippen LogP contribution in [0.4, 0.5) is 10.8 Å². The van der Waals surface area contributed by atoms with Crippen molar-refractivity contribution in [3.63, 3.8) is 0 Å². The summed E-state index contributed by atoms with van der Waals surface area (Å²) >= 11 is 1.35. The van der Waals surface area contributed by atoms with E-state index in [0.717, 1.165) is 28.8 Å². The second-order valence-corrected chi connectivity index (χ2v) is 7.59. The molecule has 0 radical (unpaired) electrons. The molecule has 0 N–H and O–H groups in total. The molecule has 0 saturated carbocycles. The van der Waals surface area contributed by atoms with Gasteiger partial charge in [-0.25, -0.2) is 9.78 Å². The molecule has 0 fully saturated rings. The maximum atomic E-state index is 12.3. The molecule has 3 rings (SSSR count). The number of carbonyl (C=O) groups is 2. The summed E-state index contributed by atoms with van der Waals surface area (Å²) in [5, 5.41) is 2.36. The number of esters is 1. The largest absolute Gasteiger partial charge is 0.456 e. The van der Waals surface area contributed by atoms with Crippen molar-refractivity contribution in [2.45, 2.75) is 33.8 Å². The van der Waals surface area contributed by atoms with Crippen LogP contribution >= 0.6 is 11.3 Å². The highest BCUT2D eigenvalue weighted by atomic mass is 32.1. The zero-order valence-electron chi connectivity index (χ0n) is 17.3. The summed E-state index contributed by atoms with van der Waals surface area (Å²) in [6.07, 6.45) is 3.96. The van der Waals surface area contributed by atoms with E-state index in [1.807, 2.05) is 62.4 Å². The molecule has 1 heterocycles. The minimum absolute atomic E-state index is 0.0502. The molecule has 0 saturated heterocycles. The number of aromatic nitrogens is 1. The van der Waals surface area contributed by atoms with Gasteiger partial charge in [0.2, 0.25) is 5.91 Å². The molecule has 0 spiro atoms. The average molecular weight is 421 g/mol. The van der Waals surface area contributed by atoms with Gasteiger partial charge in [0.05, 0.1) is 11.4 Å². The van der Waals surface area contributed by atoms with Gasteiger partial charge in [0.15, 0.2) is 5.13 Å². The van der Waals surface area contributed by atoms with Crippen molar-refractivity contribution in [3.8, 4) is 0 Å². The Kier molecular flexibility index (Phi) is 7.14. The van der Waals surface area contributed by atoms with Crippen LogP contribution in [0.25, 0.3) is 6.08 Å². The third-order valence-corrected chi connectivity index (χ3v) is 5.48. The van der Waals surface area contributed by atoms with E-state index in [1.165, 1.54) is 24.3 Å². The molecule has 0 unspecified atom stereocenters. The number of nitrogens with zero attached hydrogens (tertiary/aromatic N) is 2. The number of anilines is 2. The first-order valence-corrected chi connectivity index (χ1v) is 10.6. The van der Waals surface area contributed by atoms with Crippen molar-refractivity contribution < 1.29 is 14.3 Å². The van der Waals surface area contributed by atoms with Crippen molar-refractivity contribution >= 4 is 40.1 Å². The summed E-state index contributed by atoms with van der Waals surface area (Å²) in [6, 6.07) is 15.6. The number of ether oxygens (including phenoxy) is 1. The average Bonchev–Trinajstić information content (AvgIpc) is 3.20. The first-order valence-electron chi connectivity index (χ1n) is 9.73. The van der Waals surface area contributed by atoms with Crippen LogP contribution in [0.3, 0.4) is 0 Å². The molecule has 0 aliphatic heterocycles. The number of aryl methyl sites for hydroxylation is 2. The van der Waals surface area contributed by atoms with Crippen molar-refractivity contribution in [2.24, 2.45) is 0 Å². The van der Waals surface area contributed by atoms with Gasteiger partial charge in [-0.3, -0.25) is 9.69 Å². The molecule has 1 amide bonds. The van der Waals surface area contributed by atoms with Gasteiger partial charge < -0.3 is 4.74 Å². The Morgan fingerprint density at radius 2 is 1.87 bits per heavy atom. The van der Waals surface area contributed by atoms with Gasteiger partial charge in [-0.2, -0.15) is 0 Å². The second-order valence-electron chi connectivity index (χ2n) is 6.76. The lowest BCUT2D eigenvalue weighted by Gasteiger charge is -2.20. The molecular formula is C24H24N2O3S. The van der Waals surface area contributed by atoms with E-state index < -0.39 is 5.97 Å². The van der Waals surface area contributed by atoms with Crippen LogP contribution in [0.15, 0.2) is 60.0 Å². The van der Waals surface area contributed by atoms with E-state index in [2.05, 4.69) is 4.98 Å². The number of hydrogen-bond donors (Lipinski definition) is 0. The molecule has 3 aromatic rings. The SMILES string of the molecule is CCc1ccccc1N(C(C)=O)c1nc(COC(=O)/C=C/c2ccccc2C)cs1. The van der Waals surface area contributed by atoms with E-state index in [0.29, 0.717) is 10.8 Å². The zero-order chi connectivity index (χ0) is 21.5. The van der Waals surface area contributed by atoms with Crippen LogP contribution in [0.2, 0.25) is 0 Å². The molecule has 2 aromatic carbocycles. The van der Waals surface area contributed by atoms with Gasteiger partial charge in [-0.1, -0.05) is 49.4 Å². The molecular weight excluding hydrogens is 396 g/mol. The minimum Gasteiger partial charge on any atom is -0.456 e. The van der Waals surface area contributed by atoms with Crippen LogP contribution in [-0.2, 0) is 27.4 Å². The van der Waals surface area contributed by atoms with Crippen molar-refractivity contribution in [2.75, 3.05) is 4.90 Å². The number of para-hydroxylation sites is 1. The Hall–Kier alpha value is -3.25. The summed E-state index contributed by atoms with van der Waals surface area (Å²) in [5.41, 5.74) is 4.55. The zero-order valence-corrected chi connectivity index (χ0v) is 18.1. The third-order valence-electron chi connectivity index (χ3n) is 4.61. The Morgan fingerprint density at radius 3 is 2.60 bits per heavy atom. The number of benzene rings is 2. The van der Waals surface area contributed by atoms with Gasteiger partial charge >= 0.3 is 5.97 Å². The van der Waals surface area contributed by atoms with Crippen molar-refractivity contribution in [1.29, 1.82) is 0 Å². The Morgan fingerprint density at radius 1 is 1.13 bits per heavy atom. The van der Waals surface area contributed by atoms with E-state index in [4.69, 9.17) is 4.74 Å². The maximum Gasteiger partial charge on any atom is 0.331 e. The number of carbonyl (C=O) groups excluding carboxylic acids is 2. The number of hydrogen-bond acceptors (Lipinski definition) is 5. The summed E-state index contributed by atoms with van der Waals surface area (Å²) in [6.45, 7) is 5.60. The molecule has 0 aliphatic rings. The lowest BCUT2D eigenvalue weighted by Crippen LogP contribution is -2.23. The maximum absolute atomic E-state index is 12.3. The lowest BCUT2D eigenvalue weighted by atomic mass is 10.1. The lowest BCUT2D eigenvalue weighted by molar-refractivity contribution is -0.139. The normalized spacial score (nSPS) is 10.9.